The number of aliphatic hydroxyl groups is 1. The number of unbranched alkanes of at least 4 members (excludes halogenated alkanes) is 2. The highest BCUT2D eigenvalue weighted by Gasteiger charge is 2.21. The van der Waals surface area contributed by atoms with E-state index in [9.17, 15) is 0 Å². The number of rotatable bonds is 7. The minimum atomic E-state index is -0.0343. The predicted octanol–water partition coefficient (Wildman–Crippen LogP) is 2.13. The van der Waals surface area contributed by atoms with Gasteiger partial charge in [0, 0.05) is 18.2 Å². The second kappa shape index (κ2) is 6.20. The first-order valence-corrected chi connectivity index (χ1v) is 6.30. The Balaban J connectivity index is 2.25. The standard InChI is InChI=1S/C11H20N2OS/c1-11(2,10-12-7-9-15-10)13-6-4-3-5-8-14/h7,9,13-14H,3-6,8H2,1-2H3. The molecule has 3 nitrogen and oxygen atoms in total. The highest BCUT2D eigenvalue weighted by Crippen LogP contribution is 2.21. The lowest BCUT2D eigenvalue weighted by molar-refractivity contribution is 0.281. The fourth-order valence-corrected chi connectivity index (χ4v) is 2.16. The second-order valence-corrected chi connectivity index (χ2v) is 5.07. The maximum Gasteiger partial charge on any atom is 0.112 e. The smallest absolute Gasteiger partial charge is 0.112 e. The molecule has 0 spiro atoms. The molecule has 2 N–H and O–H groups in total. The van der Waals surface area contributed by atoms with Crippen molar-refractivity contribution in [1.82, 2.24) is 10.3 Å². The molecule has 1 heterocycles. The highest BCUT2D eigenvalue weighted by atomic mass is 32.1. The van der Waals surface area contributed by atoms with Crippen LogP contribution >= 0.6 is 11.3 Å². The van der Waals surface area contributed by atoms with E-state index in [1.54, 1.807) is 11.3 Å². The minimum absolute atomic E-state index is 0.0343. The van der Waals surface area contributed by atoms with Crippen LogP contribution in [0.5, 0.6) is 0 Å². The van der Waals surface area contributed by atoms with E-state index in [4.69, 9.17) is 5.11 Å². The molecule has 0 saturated carbocycles. The number of nitrogens with zero attached hydrogens (tertiary/aromatic N) is 1. The molecule has 0 aliphatic rings. The first-order chi connectivity index (χ1) is 7.17. The molecule has 0 amide bonds. The molecule has 0 radical (unpaired) electrons. The summed E-state index contributed by atoms with van der Waals surface area (Å²) >= 11 is 1.68. The zero-order valence-electron chi connectivity index (χ0n) is 9.49. The monoisotopic (exact) mass is 228 g/mol. The number of aliphatic hydroxyl groups excluding tert-OH is 1. The lowest BCUT2D eigenvalue weighted by atomic mass is 10.1. The van der Waals surface area contributed by atoms with Crippen molar-refractivity contribution in [2.24, 2.45) is 0 Å². The normalized spacial score (nSPS) is 11.9. The molecule has 0 bridgehead atoms. The summed E-state index contributed by atoms with van der Waals surface area (Å²) in [5.74, 6) is 0. The average molecular weight is 228 g/mol. The molecule has 0 aliphatic carbocycles. The maximum absolute atomic E-state index is 8.65. The number of thiazole rings is 1. The highest BCUT2D eigenvalue weighted by molar-refractivity contribution is 7.09. The van der Waals surface area contributed by atoms with Crippen molar-refractivity contribution in [2.75, 3.05) is 13.2 Å². The second-order valence-electron chi connectivity index (χ2n) is 4.17. The van der Waals surface area contributed by atoms with Crippen molar-refractivity contribution in [1.29, 1.82) is 0 Å². The Bertz CT molecular complexity index is 260. The lowest BCUT2D eigenvalue weighted by Crippen LogP contribution is -2.37. The summed E-state index contributed by atoms with van der Waals surface area (Å²) in [4.78, 5) is 4.32. The Kier molecular flexibility index (Phi) is 5.22. The molecule has 0 aliphatic heterocycles. The summed E-state index contributed by atoms with van der Waals surface area (Å²) in [5, 5.41) is 15.3. The summed E-state index contributed by atoms with van der Waals surface area (Å²) in [6.07, 6.45) is 4.93. The Labute approximate surface area is 95.6 Å². The van der Waals surface area contributed by atoms with E-state index in [0.717, 1.165) is 30.8 Å². The fourth-order valence-electron chi connectivity index (χ4n) is 1.42. The van der Waals surface area contributed by atoms with Crippen LogP contribution in [0.3, 0.4) is 0 Å². The first-order valence-electron chi connectivity index (χ1n) is 5.42. The van der Waals surface area contributed by atoms with E-state index in [1.807, 2.05) is 11.6 Å². The largest absolute Gasteiger partial charge is 0.396 e. The van der Waals surface area contributed by atoms with Gasteiger partial charge in [-0.1, -0.05) is 0 Å². The van der Waals surface area contributed by atoms with Gasteiger partial charge in [0.15, 0.2) is 0 Å². The van der Waals surface area contributed by atoms with Crippen molar-refractivity contribution in [2.45, 2.75) is 38.6 Å². The molecule has 0 saturated heterocycles. The van der Waals surface area contributed by atoms with Crippen LogP contribution in [-0.4, -0.2) is 23.2 Å². The molecule has 0 atom stereocenters. The van der Waals surface area contributed by atoms with E-state index >= 15 is 0 Å². The fraction of sp³-hybridized carbons (Fsp3) is 0.727. The molecule has 1 aromatic rings. The molecule has 4 heteroatoms. The van der Waals surface area contributed by atoms with Crippen LogP contribution in [0.1, 0.15) is 38.1 Å². The van der Waals surface area contributed by atoms with Gasteiger partial charge in [-0.3, -0.25) is 0 Å². The van der Waals surface area contributed by atoms with Gasteiger partial charge in [0.05, 0.1) is 5.54 Å². The Morgan fingerprint density at radius 1 is 1.40 bits per heavy atom. The maximum atomic E-state index is 8.65. The Morgan fingerprint density at radius 3 is 2.80 bits per heavy atom. The van der Waals surface area contributed by atoms with Crippen molar-refractivity contribution in [3.8, 4) is 0 Å². The van der Waals surface area contributed by atoms with Crippen molar-refractivity contribution in [3.63, 3.8) is 0 Å². The van der Waals surface area contributed by atoms with E-state index in [2.05, 4.69) is 24.1 Å². The number of nitrogens with one attached hydrogen (secondary N) is 1. The van der Waals surface area contributed by atoms with Crippen LogP contribution in [0, 0.1) is 0 Å². The van der Waals surface area contributed by atoms with Crippen LogP contribution in [-0.2, 0) is 5.54 Å². The molecular formula is C11H20N2OS. The van der Waals surface area contributed by atoms with Gasteiger partial charge in [-0.05, 0) is 39.7 Å². The number of aromatic nitrogens is 1. The third-order valence-electron chi connectivity index (χ3n) is 2.37. The van der Waals surface area contributed by atoms with E-state index < -0.39 is 0 Å². The molecule has 86 valence electrons. The molecule has 1 rings (SSSR count). The zero-order valence-corrected chi connectivity index (χ0v) is 10.3. The van der Waals surface area contributed by atoms with Gasteiger partial charge < -0.3 is 10.4 Å². The quantitative estimate of drug-likeness (QED) is 0.703. The summed E-state index contributed by atoms with van der Waals surface area (Å²) in [6, 6.07) is 0. The van der Waals surface area contributed by atoms with Gasteiger partial charge in [-0.15, -0.1) is 11.3 Å². The van der Waals surface area contributed by atoms with E-state index in [0.29, 0.717) is 6.61 Å². The van der Waals surface area contributed by atoms with Gasteiger partial charge in [0.1, 0.15) is 5.01 Å². The number of hydrogen-bond acceptors (Lipinski definition) is 4. The average Bonchev–Trinajstić information content (AvgIpc) is 2.70. The van der Waals surface area contributed by atoms with Gasteiger partial charge in [-0.25, -0.2) is 4.98 Å². The lowest BCUT2D eigenvalue weighted by Gasteiger charge is -2.23. The first kappa shape index (κ1) is 12.6. The number of hydrogen-bond donors (Lipinski definition) is 2. The van der Waals surface area contributed by atoms with Gasteiger partial charge >= 0.3 is 0 Å². The van der Waals surface area contributed by atoms with Crippen molar-refractivity contribution < 1.29 is 5.11 Å². The molecule has 0 unspecified atom stereocenters. The summed E-state index contributed by atoms with van der Waals surface area (Å²) in [7, 11) is 0. The zero-order chi connectivity index (χ0) is 11.1. The third-order valence-corrected chi connectivity index (χ3v) is 3.47. The van der Waals surface area contributed by atoms with Crippen molar-refractivity contribution >= 4 is 11.3 Å². The minimum Gasteiger partial charge on any atom is -0.396 e. The van der Waals surface area contributed by atoms with Crippen LogP contribution in [0.15, 0.2) is 11.6 Å². The van der Waals surface area contributed by atoms with E-state index in [-0.39, 0.29) is 5.54 Å². The SMILES string of the molecule is CC(C)(NCCCCCO)c1nccs1. The van der Waals surface area contributed by atoms with Crippen molar-refractivity contribution in [3.05, 3.63) is 16.6 Å². The van der Waals surface area contributed by atoms with Gasteiger partial charge in [-0.2, -0.15) is 0 Å². The molecule has 0 aromatic carbocycles. The van der Waals surface area contributed by atoms with Crippen LogP contribution in [0.4, 0.5) is 0 Å². The molecular weight excluding hydrogens is 208 g/mol. The van der Waals surface area contributed by atoms with Gasteiger partial charge in [0.25, 0.3) is 0 Å². The molecule has 15 heavy (non-hydrogen) atoms. The molecule has 1 aromatic heterocycles. The summed E-state index contributed by atoms with van der Waals surface area (Å²) in [5.41, 5.74) is -0.0343. The van der Waals surface area contributed by atoms with Gasteiger partial charge in [0.2, 0.25) is 0 Å². The van der Waals surface area contributed by atoms with Crippen LogP contribution < -0.4 is 5.32 Å². The Hall–Kier alpha value is -0.450. The predicted molar refractivity (Wildman–Crippen MR) is 64.1 cm³/mol. The topological polar surface area (TPSA) is 45.1 Å². The van der Waals surface area contributed by atoms with E-state index in [1.165, 1.54) is 0 Å². The third kappa shape index (κ3) is 4.28. The summed E-state index contributed by atoms with van der Waals surface area (Å²) < 4.78 is 0. The molecule has 0 fully saturated rings. The summed E-state index contributed by atoms with van der Waals surface area (Å²) in [6.45, 7) is 5.58. The van der Waals surface area contributed by atoms with Crippen LogP contribution in [0.25, 0.3) is 0 Å². The van der Waals surface area contributed by atoms with Crippen LogP contribution in [0.2, 0.25) is 0 Å². The Morgan fingerprint density at radius 2 is 2.20 bits per heavy atom.